The number of hydrogen-bond acceptors (Lipinski definition) is 2. The predicted molar refractivity (Wildman–Crippen MR) is 41.2 cm³/mol. The fraction of sp³-hybridized carbons (Fsp3) is 1.00. The van der Waals surface area contributed by atoms with Crippen molar-refractivity contribution in [3.05, 3.63) is 0 Å². The summed E-state index contributed by atoms with van der Waals surface area (Å²) in [6, 6.07) is 0. The summed E-state index contributed by atoms with van der Waals surface area (Å²) in [7, 11) is 2.05. The molecule has 0 aliphatic carbocycles. The van der Waals surface area contributed by atoms with Gasteiger partial charge in [0.25, 0.3) is 0 Å². The molecule has 0 bridgehead atoms. The molecule has 56 valence electrons. The number of unbranched alkanes of at least 4 members (excludes halogenated alkanes) is 2. The van der Waals surface area contributed by atoms with Gasteiger partial charge in [0.2, 0.25) is 0 Å². The molecule has 0 spiro atoms. The molecule has 2 N–H and O–H groups in total. The minimum Gasteiger partial charge on any atom is -0.318 e. The van der Waals surface area contributed by atoms with Gasteiger partial charge in [-0.3, -0.25) is 4.90 Å². The van der Waals surface area contributed by atoms with Crippen LogP contribution in [0.4, 0.5) is 0 Å². The van der Waals surface area contributed by atoms with Gasteiger partial charge in [0, 0.05) is 6.67 Å². The van der Waals surface area contributed by atoms with E-state index in [9.17, 15) is 0 Å². The van der Waals surface area contributed by atoms with Crippen molar-refractivity contribution in [2.24, 2.45) is 5.73 Å². The smallest absolute Gasteiger partial charge is 0.0452 e. The molecule has 2 heteroatoms. The number of nitrogens with two attached hydrogens (primary N) is 1. The van der Waals surface area contributed by atoms with Gasteiger partial charge in [-0.2, -0.15) is 0 Å². The molecule has 0 aromatic rings. The lowest BCUT2D eigenvalue weighted by molar-refractivity contribution is 0.335. The summed E-state index contributed by atoms with van der Waals surface area (Å²) in [4.78, 5) is 2.13. The Bertz CT molecular complexity index is 54.9. The van der Waals surface area contributed by atoms with Gasteiger partial charge >= 0.3 is 0 Å². The van der Waals surface area contributed by atoms with Crippen LogP contribution in [-0.2, 0) is 0 Å². The molecule has 0 heterocycles. The highest BCUT2D eigenvalue weighted by Gasteiger charge is 1.91. The Labute approximate surface area is 58.0 Å². The minimum absolute atomic E-state index is 0.684. The SMILES string of the molecule is CCCCCN(C)CN. The van der Waals surface area contributed by atoms with Crippen molar-refractivity contribution in [2.45, 2.75) is 26.2 Å². The first kappa shape index (κ1) is 8.92. The highest BCUT2D eigenvalue weighted by Crippen LogP contribution is 1.94. The molecule has 0 aliphatic heterocycles. The molecule has 0 unspecified atom stereocenters. The van der Waals surface area contributed by atoms with Gasteiger partial charge in [0.05, 0.1) is 0 Å². The van der Waals surface area contributed by atoms with Gasteiger partial charge in [-0.25, -0.2) is 0 Å². The topological polar surface area (TPSA) is 29.3 Å². The zero-order valence-electron chi connectivity index (χ0n) is 6.56. The minimum atomic E-state index is 0.684. The molecular weight excluding hydrogens is 112 g/mol. The first-order chi connectivity index (χ1) is 4.31. The quantitative estimate of drug-likeness (QED) is 0.445. The van der Waals surface area contributed by atoms with Crippen molar-refractivity contribution in [2.75, 3.05) is 20.3 Å². The number of hydrogen-bond donors (Lipinski definition) is 1. The van der Waals surface area contributed by atoms with Crippen molar-refractivity contribution in [1.82, 2.24) is 4.90 Å². The van der Waals surface area contributed by atoms with Crippen molar-refractivity contribution in [1.29, 1.82) is 0 Å². The van der Waals surface area contributed by atoms with E-state index in [4.69, 9.17) is 5.73 Å². The predicted octanol–water partition coefficient (Wildman–Crippen LogP) is 1.02. The molecule has 0 aromatic heterocycles. The summed E-state index contributed by atoms with van der Waals surface area (Å²) in [6.45, 7) is 4.04. The fourth-order valence-corrected chi connectivity index (χ4v) is 0.723. The molecule has 0 fully saturated rings. The normalized spacial score (nSPS) is 10.7. The summed E-state index contributed by atoms with van der Waals surface area (Å²) in [5.74, 6) is 0. The Morgan fingerprint density at radius 3 is 2.44 bits per heavy atom. The van der Waals surface area contributed by atoms with Crippen LogP contribution < -0.4 is 5.73 Å². The van der Waals surface area contributed by atoms with E-state index in [-0.39, 0.29) is 0 Å². The van der Waals surface area contributed by atoms with Crippen LogP contribution in [0.2, 0.25) is 0 Å². The Hall–Kier alpha value is -0.0800. The third-order valence-corrected chi connectivity index (χ3v) is 1.46. The maximum atomic E-state index is 5.38. The van der Waals surface area contributed by atoms with Crippen LogP contribution >= 0.6 is 0 Å². The largest absolute Gasteiger partial charge is 0.318 e. The molecule has 0 aliphatic rings. The van der Waals surface area contributed by atoms with E-state index >= 15 is 0 Å². The van der Waals surface area contributed by atoms with E-state index in [1.54, 1.807) is 0 Å². The average molecular weight is 130 g/mol. The summed E-state index contributed by atoms with van der Waals surface area (Å²) in [6.07, 6.45) is 3.90. The van der Waals surface area contributed by atoms with Crippen LogP contribution in [0.1, 0.15) is 26.2 Å². The lowest BCUT2D eigenvalue weighted by Gasteiger charge is -2.11. The van der Waals surface area contributed by atoms with Crippen LogP contribution in [0.25, 0.3) is 0 Å². The molecule has 0 rings (SSSR count). The first-order valence-electron chi connectivity index (χ1n) is 3.70. The van der Waals surface area contributed by atoms with Crippen molar-refractivity contribution in [3.63, 3.8) is 0 Å². The van der Waals surface area contributed by atoms with Crippen molar-refractivity contribution < 1.29 is 0 Å². The van der Waals surface area contributed by atoms with Crippen LogP contribution in [0.5, 0.6) is 0 Å². The third-order valence-electron chi connectivity index (χ3n) is 1.46. The summed E-state index contributed by atoms with van der Waals surface area (Å²) < 4.78 is 0. The molecule has 0 aromatic carbocycles. The number of rotatable bonds is 5. The zero-order chi connectivity index (χ0) is 7.11. The highest BCUT2D eigenvalue weighted by atomic mass is 15.1. The highest BCUT2D eigenvalue weighted by molar-refractivity contribution is 4.45. The Morgan fingerprint density at radius 2 is 2.00 bits per heavy atom. The van der Waals surface area contributed by atoms with E-state index in [0.29, 0.717) is 6.67 Å². The summed E-state index contributed by atoms with van der Waals surface area (Å²) >= 11 is 0. The molecule has 0 amide bonds. The zero-order valence-corrected chi connectivity index (χ0v) is 6.56. The van der Waals surface area contributed by atoms with Gasteiger partial charge in [-0.05, 0) is 20.0 Å². The molecule has 0 saturated heterocycles. The van der Waals surface area contributed by atoms with Crippen LogP contribution in [0.3, 0.4) is 0 Å². The van der Waals surface area contributed by atoms with Gasteiger partial charge in [-0.15, -0.1) is 0 Å². The second kappa shape index (κ2) is 6.05. The molecule has 0 radical (unpaired) electrons. The van der Waals surface area contributed by atoms with Gasteiger partial charge in [0.1, 0.15) is 0 Å². The lowest BCUT2D eigenvalue weighted by Crippen LogP contribution is -2.26. The molecule has 0 saturated carbocycles. The lowest BCUT2D eigenvalue weighted by atomic mass is 10.2. The summed E-state index contributed by atoms with van der Waals surface area (Å²) in [5.41, 5.74) is 5.38. The molecular formula is C7H18N2. The second-order valence-electron chi connectivity index (χ2n) is 2.47. The van der Waals surface area contributed by atoms with Gasteiger partial charge in [-0.1, -0.05) is 19.8 Å². The van der Waals surface area contributed by atoms with Crippen LogP contribution in [0.15, 0.2) is 0 Å². The number of nitrogens with zero attached hydrogens (tertiary/aromatic N) is 1. The second-order valence-corrected chi connectivity index (χ2v) is 2.47. The monoisotopic (exact) mass is 130 g/mol. The van der Waals surface area contributed by atoms with Crippen LogP contribution in [-0.4, -0.2) is 25.2 Å². The van der Waals surface area contributed by atoms with E-state index < -0.39 is 0 Å². The van der Waals surface area contributed by atoms with Gasteiger partial charge in [0.15, 0.2) is 0 Å². The summed E-state index contributed by atoms with van der Waals surface area (Å²) in [5, 5.41) is 0. The van der Waals surface area contributed by atoms with Crippen molar-refractivity contribution in [3.8, 4) is 0 Å². The Morgan fingerprint density at radius 1 is 1.33 bits per heavy atom. The van der Waals surface area contributed by atoms with E-state index in [0.717, 1.165) is 6.54 Å². The molecule has 2 nitrogen and oxygen atoms in total. The Kier molecular flexibility index (Phi) is 5.99. The average Bonchev–Trinajstić information content (AvgIpc) is 1.89. The Balaban J connectivity index is 2.88. The standard InChI is InChI=1S/C7H18N2/c1-3-4-5-6-9(2)7-8/h3-8H2,1-2H3. The van der Waals surface area contributed by atoms with Gasteiger partial charge < -0.3 is 5.73 Å². The van der Waals surface area contributed by atoms with E-state index in [2.05, 4.69) is 18.9 Å². The maximum absolute atomic E-state index is 5.38. The molecule has 0 atom stereocenters. The molecule has 9 heavy (non-hydrogen) atoms. The first-order valence-corrected chi connectivity index (χ1v) is 3.70. The van der Waals surface area contributed by atoms with E-state index in [1.807, 2.05) is 0 Å². The van der Waals surface area contributed by atoms with Crippen molar-refractivity contribution >= 4 is 0 Å². The van der Waals surface area contributed by atoms with E-state index in [1.165, 1.54) is 19.3 Å². The van der Waals surface area contributed by atoms with Crippen LogP contribution in [0, 0.1) is 0 Å². The fourth-order valence-electron chi connectivity index (χ4n) is 0.723. The third kappa shape index (κ3) is 5.80. The maximum Gasteiger partial charge on any atom is 0.0452 e.